The summed E-state index contributed by atoms with van der Waals surface area (Å²) in [6.45, 7) is 0. The molecule has 1 aliphatic rings. The van der Waals surface area contributed by atoms with Crippen LogP contribution in [0.25, 0.3) is 0 Å². The number of hydrogen-bond acceptors (Lipinski definition) is 6. The largest absolute Gasteiger partial charge is 0.573 e. The van der Waals surface area contributed by atoms with Crippen molar-refractivity contribution in [3.8, 4) is 5.75 Å². The van der Waals surface area contributed by atoms with Gasteiger partial charge < -0.3 is 9.84 Å². The van der Waals surface area contributed by atoms with Crippen LogP contribution in [0.4, 0.5) is 18.9 Å². The van der Waals surface area contributed by atoms with E-state index in [0.717, 1.165) is 40.9 Å². The topological polar surface area (TPSA) is 96.8 Å². The van der Waals surface area contributed by atoms with Crippen LogP contribution >= 0.6 is 11.8 Å². The minimum Gasteiger partial charge on any atom is -0.478 e. The summed E-state index contributed by atoms with van der Waals surface area (Å²) in [5.41, 5.74) is -0.00745. The molecule has 7 nitrogen and oxygen atoms in total. The maximum absolute atomic E-state index is 12.6. The molecule has 1 fully saturated rings. The minimum absolute atomic E-state index is 0.0899. The lowest BCUT2D eigenvalue weighted by atomic mass is 10.3. The van der Waals surface area contributed by atoms with Crippen LogP contribution in [-0.4, -0.2) is 39.5 Å². The number of halogens is 3. The fourth-order valence-corrected chi connectivity index (χ4v) is 3.65. The number of alkyl halides is 3. The first-order valence-electron chi connectivity index (χ1n) is 7.73. The number of nitrogens with zero attached hydrogens (tertiary/aromatic N) is 2. The van der Waals surface area contributed by atoms with Gasteiger partial charge in [-0.1, -0.05) is 11.8 Å². The highest BCUT2D eigenvalue weighted by Gasteiger charge is 2.41. The van der Waals surface area contributed by atoms with Gasteiger partial charge in [0.25, 0.3) is 0 Å². The molecule has 2 amide bonds. The number of imide groups is 1. The summed E-state index contributed by atoms with van der Waals surface area (Å²) < 4.78 is 40.4. The van der Waals surface area contributed by atoms with Crippen LogP contribution in [0.5, 0.6) is 5.75 Å². The van der Waals surface area contributed by atoms with Gasteiger partial charge >= 0.3 is 12.3 Å². The number of thioether (sulfide) groups is 1. The molecule has 1 unspecified atom stereocenters. The molecule has 11 heteroatoms. The third kappa shape index (κ3) is 4.25. The smallest absolute Gasteiger partial charge is 0.478 e. The van der Waals surface area contributed by atoms with Gasteiger partial charge in [0, 0.05) is 12.6 Å². The van der Waals surface area contributed by atoms with Crippen molar-refractivity contribution >= 4 is 35.2 Å². The number of carboxylic acids is 1. The molecule has 0 radical (unpaired) electrons. The van der Waals surface area contributed by atoms with E-state index in [1.54, 1.807) is 0 Å². The fraction of sp³-hybridized carbons (Fsp3) is 0.176. The van der Waals surface area contributed by atoms with Gasteiger partial charge in [0.05, 0.1) is 16.5 Å². The summed E-state index contributed by atoms with van der Waals surface area (Å²) >= 11 is 0.850. The summed E-state index contributed by atoms with van der Waals surface area (Å²) in [5, 5.41) is 8.38. The van der Waals surface area contributed by atoms with Crippen LogP contribution in [0.15, 0.2) is 47.6 Å². The number of amides is 2. The molecule has 28 heavy (non-hydrogen) atoms. The number of benzene rings is 1. The Hall–Kier alpha value is -3.08. The van der Waals surface area contributed by atoms with Crippen LogP contribution in [0.2, 0.25) is 0 Å². The Kier molecular flexibility index (Phi) is 5.27. The molecule has 0 saturated carbocycles. The summed E-state index contributed by atoms with van der Waals surface area (Å²) in [6, 6.07) is 7.07. The van der Waals surface area contributed by atoms with Crippen LogP contribution in [0.1, 0.15) is 16.8 Å². The highest BCUT2D eigenvalue weighted by atomic mass is 32.2. The molecule has 1 aliphatic heterocycles. The molecule has 1 N–H and O–H groups in total. The fourth-order valence-electron chi connectivity index (χ4n) is 2.55. The number of aromatic carboxylic acids is 1. The Morgan fingerprint density at radius 2 is 1.89 bits per heavy atom. The average Bonchev–Trinajstić information content (AvgIpc) is 2.88. The summed E-state index contributed by atoms with van der Waals surface area (Å²) in [6.07, 6.45) is -3.68. The highest BCUT2D eigenvalue weighted by molar-refractivity contribution is 8.00. The van der Waals surface area contributed by atoms with E-state index in [9.17, 15) is 32.7 Å². The van der Waals surface area contributed by atoms with E-state index in [0.29, 0.717) is 0 Å². The lowest BCUT2D eigenvalue weighted by Gasteiger charge is -2.16. The number of aromatic nitrogens is 1. The van der Waals surface area contributed by atoms with Crippen molar-refractivity contribution in [3.63, 3.8) is 0 Å². The normalized spacial score (nSPS) is 17.1. The number of anilines is 1. The van der Waals surface area contributed by atoms with E-state index < -0.39 is 35.1 Å². The molecule has 2 aromatic rings. The molecule has 1 saturated heterocycles. The number of carbonyl (C=O) groups is 3. The van der Waals surface area contributed by atoms with Gasteiger partial charge in [-0.3, -0.25) is 9.59 Å². The molecule has 146 valence electrons. The quantitative estimate of drug-likeness (QED) is 0.754. The summed E-state index contributed by atoms with van der Waals surface area (Å²) in [7, 11) is 0. The third-order valence-corrected chi connectivity index (χ3v) is 4.89. The van der Waals surface area contributed by atoms with Crippen molar-refractivity contribution in [3.05, 3.63) is 48.2 Å². The van der Waals surface area contributed by atoms with Crippen molar-refractivity contribution < 1.29 is 37.4 Å². The van der Waals surface area contributed by atoms with Gasteiger partial charge in [-0.25, -0.2) is 14.7 Å². The second kappa shape index (κ2) is 7.50. The van der Waals surface area contributed by atoms with Crippen molar-refractivity contribution in [2.24, 2.45) is 0 Å². The van der Waals surface area contributed by atoms with Crippen molar-refractivity contribution in [2.75, 3.05) is 4.90 Å². The van der Waals surface area contributed by atoms with E-state index in [1.807, 2.05) is 0 Å². The first kappa shape index (κ1) is 19.7. The first-order valence-corrected chi connectivity index (χ1v) is 8.61. The number of carboxylic acid groups (broad SMARTS) is 1. The van der Waals surface area contributed by atoms with E-state index in [4.69, 9.17) is 0 Å². The Bertz CT molecular complexity index is 933. The van der Waals surface area contributed by atoms with Gasteiger partial charge in [0.15, 0.2) is 0 Å². The van der Waals surface area contributed by atoms with E-state index >= 15 is 0 Å². The number of rotatable bonds is 5. The molecule has 3 rings (SSSR count). The maximum Gasteiger partial charge on any atom is 0.573 e. The van der Waals surface area contributed by atoms with Gasteiger partial charge in [-0.15, -0.1) is 13.2 Å². The standard InChI is InChI=1S/C17H11F3N2O5S/c18-17(19,20)27-10-5-3-9(4-6-10)22-13(23)8-12(15(22)24)28-14-11(16(25)26)2-1-7-21-14/h1-7,12H,8H2,(H,25,26). The Morgan fingerprint density at radius 1 is 1.21 bits per heavy atom. The van der Waals surface area contributed by atoms with E-state index in [-0.39, 0.29) is 22.7 Å². The van der Waals surface area contributed by atoms with Gasteiger partial charge in [-0.05, 0) is 36.4 Å². The zero-order valence-electron chi connectivity index (χ0n) is 13.8. The Labute approximate surface area is 160 Å². The molecule has 0 bridgehead atoms. The third-order valence-electron chi connectivity index (χ3n) is 3.69. The second-order valence-electron chi connectivity index (χ2n) is 5.58. The van der Waals surface area contributed by atoms with Crippen molar-refractivity contribution in [1.82, 2.24) is 4.98 Å². The van der Waals surface area contributed by atoms with E-state index in [1.165, 1.54) is 18.3 Å². The monoisotopic (exact) mass is 412 g/mol. The van der Waals surface area contributed by atoms with Gasteiger partial charge in [0.1, 0.15) is 10.8 Å². The Morgan fingerprint density at radius 3 is 2.50 bits per heavy atom. The van der Waals surface area contributed by atoms with Gasteiger partial charge in [0.2, 0.25) is 11.8 Å². The SMILES string of the molecule is O=C(O)c1cccnc1SC1CC(=O)N(c2ccc(OC(F)(F)F)cc2)C1=O. The van der Waals surface area contributed by atoms with Crippen molar-refractivity contribution in [1.29, 1.82) is 0 Å². The average molecular weight is 412 g/mol. The zero-order chi connectivity index (χ0) is 20.5. The van der Waals surface area contributed by atoms with E-state index in [2.05, 4.69) is 9.72 Å². The van der Waals surface area contributed by atoms with Crippen LogP contribution in [-0.2, 0) is 9.59 Å². The summed E-state index contributed by atoms with van der Waals surface area (Å²) in [4.78, 5) is 40.9. The second-order valence-corrected chi connectivity index (χ2v) is 6.77. The van der Waals surface area contributed by atoms with Gasteiger partial charge in [-0.2, -0.15) is 0 Å². The molecule has 0 spiro atoms. The number of hydrogen-bond donors (Lipinski definition) is 1. The predicted octanol–water partition coefficient (Wildman–Crippen LogP) is 3.10. The van der Waals surface area contributed by atoms with Crippen LogP contribution < -0.4 is 9.64 Å². The molecular formula is C17H11F3N2O5S. The van der Waals surface area contributed by atoms with Crippen molar-refractivity contribution in [2.45, 2.75) is 23.1 Å². The Balaban J connectivity index is 1.78. The lowest BCUT2D eigenvalue weighted by molar-refractivity contribution is -0.274. The number of pyridine rings is 1. The first-order chi connectivity index (χ1) is 13.2. The molecule has 0 aliphatic carbocycles. The zero-order valence-corrected chi connectivity index (χ0v) is 14.7. The highest BCUT2D eigenvalue weighted by Crippen LogP contribution is 2.35. The molecule has 1 atom stereocenters. The van der Waals surface area contributed by atoms with Crippen LogP contribution in [0.3, 0.4) is 0 Å². The van der Waals surface area contributed by atoms with Crippen LogP contribution in [0, 0.1) is 0 Å². The summed E-state index contributed by atoms with van der Waals surface area (Å²) in [5.74, 6) is -2.87. The maximum atomic E-state index is 12.6. The minimum atomic E-state index is -4.85. The lowest BCUT2D eigenvalue weighted by Crippen LogP contribution is -2.31. The molecule has 1 aromatic heterocycles. The number of ether oxygens (including phenoxy) is 1. The predicted molar refractivity (Wildman–Crippen MR) is 91.1 cm³/mol. The molecular weight excluding hydrogens is 401 g/mol. The molecule has 1 aromatic carbocycles. The molecule has 2 heterocycles. The number of carbonyl (C=O) groups excluding carboxylic acids is 2.